The Morgan fingerprint density at radius 1 is 1.22 bits per heavy atom. The normalized spacial score (nSPS) is 10.6. The number of nitrogens with zero attached hydrogens (tertiary/aromatic N) is 1. The Hall–Kier alpha value is -2.80. The molecule has 3 rings (SSSR count). The summed E-state index contributed by atoms with van der Waals surface area (Å²) >= 11 is 1.59. The first-order chi connectivity index (χ1) is 13.1. The highest BCUT2D eigenvalue weighted by molar-refractivity contribution is 7.13. The molecule has 6 nitrogen and oxygen atoms in total. The maximum absolute atomic E-state index is 12.2. The molecule has 2 heterocycles. The number of aryl methyl sites for hydroxylation is 1. The van der Waals surface area contributed by atoms with Gasteiger partial charge in [-0.05, 0) is 36.1 Å². The molecule has 27 heavy (non-hydrogen) atoms. The van der Waals surface area contributed by atoms with Crippen LogP contribution in [-0.4, -0.2) is 31.7 Å². The number of ether oxygens (including phenoxy) is 2. The van der Waals surface area contributed by atoms with E-state index in [4.69, 9.17) is 13.9 Å². The number of hydrogen-bond acceptors (Lipinski definition) is 6. The minimum Gasteiger partial charge on any atom is -0.493 e. The van der Waals surface area contributed by atoms with E-state index in [0.29, 0.717) is 30.4 Å². The van der Waals surface area contributed by atoms with Gasteiger partial charge in [-0.2, -0.15) is 0 Å². The molecule has 0 radical (unpaired) electrons. The number of methoxy groups -OCH3 is 2. The van der Waals surface area contributed by atoms with Gasteiger partial charge in [-0.3, -0.25) is 4.79 Å². The summed E-state index contributed by atoms with van der Waals surface area (Å²) in [4.78, 5) is 17.7. The molecule has 1 amide bonds. The van der Waals surface area contributed by atoms with Crippen LogP contribution < -0.4 is 14.8 Å². The Kier molecular flexibility index (Phi) is 6.13. The van der Waals surface area contributed by atoms with Crippen LogP contribution in [0.1, 0.15) is 17.0 Å². The fraction of sp³-hybridized carbons (Fsp3) is 0.300. The highest BCUT2D eigenvalue weighted by Gasteiger charge is 2.13. The fourth-order valence-corrected chi connectivity index (χ4v) is 3.37. The Bertz CT molecular complexity index is 903. The molecule has 0 aliphatic heterocycles. The third kappa shape index (κ3) is 4.68. The number of hydrogen-bond donors (Lipinski definition) is 1. The molecule has 1 aromatic carbocycles. The Morgan fingerprint density at radius 3 is 2.74 bits per heavy atom. The zero-order chi connectivity index (χ0) is 19.2. The van der Waals surface area contributed by atoms with Gasteiger partial charge in [0.05, 0.1) is 31.2 Å². The van der Waals surface area contributed by atoms with Crippen LogP contribution in [0.5, 0.6) is 11.5 Å². The lowest BCUT2D eigenvalue weighted by atomic mass is 10.1. The van der Waals surface area contributed by atoms with E-state index in [1.165, 1.54) is 0 Å². The summed E-state index contributed by atoms with van der Waals surface area (Å²) in [7, 11) is 3.16. The first-order valence-corrected chi connectivity index (χ1v) is 9.46. The molecule has 0 fully saturated rings. The van der Waals surface area contributed by atoms with Gasteiger partial charge in [0, 0.05) is 13.0 Å². The van der Waals surface area contributed by atoms with Crippen molar-refractivity contribution in [3.8, 4) is 22.3 Å². The molecule has 3 aromatic rings. The molecule has 2 aromatic heterocycles. The Balaban J connectivity index is 1.53. The lowest BCUT2D eigenvalue weighted by Crippen LogP contribution is -2.27. The SMILES string of the molecule is COc1ccc(CC(=O)NCCc2nc(-c3cccs3)oc2C)cc1OC. The molecule has 0 aliphatic carbocycles. The van der Waals surface area contributed by atoms with E-state index in [9.17, 15) is 4.79 Å². The summed E-state index contributed by atoms with van der Waals surface area (Å²) in [6.45, 7) is 2.40. The number of rotatable bonds is 8. The molecule has 0 aliphatic rings. The Morgan fingerprint density at radius 2 is 2.04 bits per heavy atom. The van der Waals surface area contributed by atoms with E-state index in [0.717, 1.165) is 21.9 Å². The molecular formula is C20H22N2O4S. The highest BCUT2D eigenvalue weighted by atomic mass is 32.1. The van der Waals surface area contributed by atoms with E-state index in [-0.39, 0.29) is 12.3 Å². The first kappa shape index (κ1) is 19.0. The molecular weight excluding hydrogens is 364 g/mol. The third-order valence-electron chi connectivity index (χ3n) is 4.12. The van der Waals surface area contributed by atoms with Crippen molar-refractivity contribution < 1.29 is 18.7 Å². The van der Waals surface area contributed by atoms with Crippen molar-refractivity contribution in [1.82, 2.24) is 10.3 Å². The lowest BCUT2D eigenvalue weighted by Gasteiger charge is -2.09. The highest BCUT2D eigenvalue weighted by Crippen LogP contribution is 2.28. The van der Waals surface area contributed by atoms with Gasteiger partial charge in [-0.15, -0.1) is 11.3 Å². The van der Waals surface area contributed by atoms with Gasteiger partial charge in [0.1, 0.15) is 5.76 Å². The zero-order valence-corrected chi connectivity index (χ0v) is 16.4. The molecule has 0 unspecified atom stereocenters. The van der Waals surface area contributed by atoms with Crippen LogP contribution in [0, 0.1) is 6.92 Å². The van der Waals surface area contributed by atoms with E-state index < -0.39 is 0 Å². The van der Waals surface area contributed by atoms with Gasteiger partial charge in [-0.1, -0.05) is 12.1 Å². The van der Waals surface area contributed by atoms with Gasteiger partial charge in [-0.25, -0.2) is 4.98 Å². The first-order valence-electron chi connectivity index (χ1n) is 8.58. The van der Waals surface area contributed by atoms with Gasteiger partial charge in [0.15, 0.2) is 11.5 Å². The van der Waals surface area contributed by atoms with Crippen molar-refractivity contribution in [3.05, 3.63) is 52.7 Å². The summed E-state index contributed by atoms with van der Waals surface area (Å²) in [6, 6.07) is 9.41. The van der Waals surface area contributed by atoms with Crippen LogP contribution in [0.4, 0.5) is 0 Å². The maximum Gasteiger partial charge on any atom is 0.236 e. The second kappa shape index (κ2) is 8.73. The molecule has 142 valence electrons. The largest absolute Gasteiger partial charge is 0.493 e. The predicted octanol–water partition coefficient (Wildman–Crippen LogP) is 3.63. The lowest BCUT2D eigenvalue weighted by molar-refractivity contribution is -0.120. The summed E-state index contributed by atoms with van der Waals surface area (Å²) in [5.74, 6) is 2.62. The van der Waals surface area contributed by atoms with E-state index in [1.54, 1.807) is 31.6 Å². The topological polar surface area (TPSA) is 73.6 Å². The van der Waals surface area contributed by atoms with Crippen molar-refractivity contribution in [2.75, 3.05) is 20.8 Å². The van der Waals surface area contributed by atoms with Crippen molar-refractivity contribution in [2.45, 2.75) is 19.8 Å². The van der Waals surface area contributed by atoms with Crippen molar-refractivity contribution >= 4 is 17.2 Å². The van der Waals surface area contributed by atoms with Gasteiger partial charge in [0.25, 0.3) is 0 Å². The minimum atomic E-state index is -0.0538. The second-order valence-corrected chi connectivity index (χ2v) is 6.91. The monoisotopic (exact) mass is 386 g/mol. The number of thiophene rings is 1. The smallest absolute Gasteiger partial charge is 0.236 e. The van der Waals surface area contributed by atoms with Crippen molar-refractivity contribution in [2.24, 2.45) is 0 Å². The third-order valence-corrected chi connectivity index (χ3v) is 4.98. The summed E-state index contributed by atoms with van der Waals surface area (Å²) in [5.41, 5.74) is 1.73. The number of amides is 1. The number of nitrogens with one attached hydrogen (secondary N) is 1. The summed E-state index contributed by atoms with van der Waals surface area (Å²) < 4.78 is 16.2. The van der Waals surface area contributed by atoms with Crippen LogP contribution in [-0.2, 0) is 17.6 Å². The molecule has 0 atom stereocenters. The van der Waals surface area contributed by atoms with Crippen LogP contribution in [0.3, 0.4) is 0 Å². The summed E-state index contributed by atoms with van der Waals surface area (Å²) in [5, 5.41) is 4.92. The molecule has 7 heteroatoms. The minimum absolute atomic E-state index is 0.0538. The standard InChI is InChI=1S/C20H22N2O4S/c1-13-15(22-20(26-13)18-5-4-10-27-18)8-9-21-19(23)12-14-6-7-16(24-2)17(11-14)25-3/h4-7,10-11H,8-9,12H2,1-3H3,(H,21,23). The quantitative estimate of drug-likeness (QED) is 0.640. The number of carbonyl (C=O) groups is 1. The van der Waals surface area contributed by atoms with E-state index in [1.807, 2.05) is 36.6 Å². The van der Waals surface area contributed by atoms with Crippen LogP contribution in [0.15, 0.2) is 40.1 Å². The Labute approximate surface area is 162 Å². The maximum atomic E-state index is 12.2. The number of carbonyl (C=O) groups excluding carboxylic acids is 1. The van der Waals surface area contributed by atoms with E-state index in [2.05, 4.69) is 10.3 Å². The molecule has 1 N–H and O–H groups in total. The van der Waals surface area contributed by atoms with Crippen LogP contribution >= 0.6 is 11.3 Å². The van der Waals surface area contributed by atoms with E-state index >= 15 is 0 Å². The molecule has 0 saturated carbocycles. The zero-order valence-electron chi connectivity index (χ0n) is 15.6. The average molecular weight is 386 g/mol. The summed E-state index contributed by atoms with van der Waals surface area (Å²) in [6.07, 6.45) is 0.900. The number of aromatic nitrogens is 1. The second-order valence-electron chi connectivity index (χ2n) is 5.97. The van der Waals surface area contributed by atoms with Crippen molar-refractivity contribution in [1.29, 1.82) is 0 Å². The average Bonchev–Trinajstić information content (AvgIpc) is 3.32. The van der Waals surface area contributed by atoms with Crippen molar-refractivity contribution in [3.63, 3.8) is 0 Å². The molecule has 0 spiro atoms. The predicted molar refractivity (Wildman–Crippen MR) is 105 cm³/mol. The van der Waals surface area contributed by atoms with Gasteiger partial charge in [0.2, 0.25) is 11.8 Å². The van der Waals surface area contributed by atoms with Crippen LogP contribution in [0.25, 0.3) is 10.8 Å². The van der Waals surface area contributed by atoms with Gasteiger partial charge < -0.3 is 19.2 Å². The van der Waals surface area contributed by atoms with Crippen LogP contribution in [0.2, 0.25) is 0 Å². The number of oxazole rings is 1. The molecule has 0 saturated heterocycles. The van der Waals surface area contributed by atoms with Gasteiger partial charge >= 0.3 is 0 Å². The fourth-order valence-electron chi connectivity index (χ4n) is 2.72. The molecule has 0 bridgehead atoms. The number of benzene rings is 1.